The van der Waals surface area contributed by atoms with Crippen molar-refractivity contribution in [2.24, 2.45) is 0 Å². The van der Waals surface area contributed by atoms with Gasteiger partial charge in [0.25, 0.3) is 5.91 Å². The Morgan fingerprint density at radius 3 is 2.56 bits per heavy atom. The predicted octanol–water partition coefficient (Wildman–Crippen LogP) is 3.99. The zero-order valence-electron chi connectivity index (χ0n) is 17.6. The van der Waals surface area contributed by atoms with Crippen LogP contribution in [0.15, 0.2) is 36.7 Å². The molecule has 0 atom stereocenters. The van der Waals surface area contributed by atoms with Crippen LogP contribution in [0.4, 0.5) is 18.9 Å². The second-order valence-corrected chi connectivity index (χ2v) is 7.65. The largest absolute Gasteiger partial charge is 0.416 e. The smallest absolute Gasteiger partial charge is 0.381 e. The second-order valence-electron chi connectivity index (χ2n) is 7.65. The van der Waals surface area contributed by atoms with E-state index in [1.807, 2.05) is 6.92 Å². The Labute approximate surface area is 183 Å². The van der Waals surface area contributed by atoms with Crippen LogP contribution in [0, 0.1) is 0 Å². The number of pyridine rings is 1. The number of nitrogens with zero attached hydrogens (tertiary/aromatic N) is 3. The van der Waals surface area contributed by atoms with E-state index in [1.54, 1.807) is 10.9 Å². The number of hydrogen-bond donors (Lipinski definition) is 2. The number of aryl methyl sites for hydroxylation is 1. The van der Waals surface area contributed by atoms with Gasteiger partial charge in [0.1, 0.15) is 0 Å². The molecule has 2 aromatic heterocycles. The molecule has 3 heterocycles. The normalized spacial score (nSPS) is 15.1. The first-order valence-corrected chi connectivity index (χ1v) is 10.5. The Bertz CT molecular complexity index is 1090. The summed E-state index contributed by atoms with van der Waals surface area (Å²) in [6.45, 7) is 4.00. The number of nitrogens with one attached hydrogen (secondary N) is 2. The van der Waals surface area contributed by atoms with E-state index >= 15 is 0 Å². The molecular formula is C22H24F3N5O2. The standard InChI is InChI=1S/C22H24F3N5O2/c1-2-30-20-17(13-28-30)19(29-16-7-9-32-10-8-16)18(12-26-20)21(31)27-11-14-3-5-15(6-4-14)22(23,24)25/h3-6,12-13,16H,2,7-11H2,1H3,(H,26,29)(H,27,31). The Morgan fingerprint density at radius 2 is 1.91 bits per heavy atom. The number of carbonyl (C=O) groups excluding carboxylic acids is 1. The first-order chi connectivity index (χ1) is 15.4. The number of aromatic nitrogens is 3. The van der Waals surface area contributed by atoms with E-state index in [0.717, 1.165) is 30.4 Å². The highest BCUT2D eigenvalue weighted by Gasteiger charge is 2.30. The van der Waals surface area contributed by atoms with Crippen LogP contribution in [0.2, 0.25) is 0 Å². The molecule has 4 rings (SSSR count). The van der Waals surface area contributed by atoms with Crippen molar-refractivity contribution in [2.75, 3.05) is 18.5 Å². The van der Waals surface area contributed by atoms with E-state index in [9.17, 15) is 18.0 Å². The molecule has 0 aliphatic carbocycles. The molecule has 0 spiro atoms. The molecule has 10 heteroatoms. The summed E-state index contributed by atoms with van der Waals surface area (Å²) >= 11 is 0. The number of hydrogen-bond acceptors (Lipinski definition) is 5. The average Bonchev–Trinajstić information content (AvgIpc) is 3.22. The molecule has 1 aliphatic rings. The number of anilines is 1. The maximum Gasteiger partial charge on any atom is 0.416 e. The van der Waals surface area contributed by atoms with Crippen molar-refractivity contribution in [3.63, 3.8) is 0 Å². The van der Waals surface area contributed by atoms with Gasteiger partial charge in [-0.1, -0.05) is 12.1 Å². The lowest BCUT2D eigenvalue weighted by molar-refractivity contribution is -0.137. The number of rotatable bonds is 6. The number of ether oxygens (including phenoxy) is 1. The van der Waals surface area contributed by atoms with Crippen LogP contribution in [0.25, 0.3) is 11.0 Å². The van der Waals surface area contributed by atoms with Crippen molar-refractivity contribution < 1.29 is 22.7 Å². The summed E-state index contributed by atoms with van der Waals surface area (Å²) in [6.07, 6.45) is 0.452. The van der Waals surface area contributed by atoms with Crippen LogP contribution in [-0.4, -0.2) is 39.9 Å². The number of alkyl halides is 3. The number of fused-ring (bicyclic) bond motifs is 1. The molecule has 2 N–H and O–H groups in total. The first kappa shape index (κ1) is 22.1. The monoisotopic (exact) mass is 447 g/mol. The van der Waals surface area contributed by atoms with Gasteiger partial charge in [0.2, 0.25) is 0 Å². The lowest BCUT2D eigenvalue weighted by atomic mass is 10.1. The fourth-order valence-corrected chi connectivity index (χ4v) is 3.72. The Hall–Kier alpha value is -3.14. The zero-order chi connectivity index (χ0) is 22.7. The molecule has 0 saturated carbocycles. The quantitative estimate of drug-likeness (QED) is 0.597. The highest BCUT2D eigenvalue weighted by molar-refractivity contribution is 6.06. The summed E-state index contributed by atoms with van der Waals surface area (Å²) in [6, 6.07) is 4.88. The van der Waals surface area contributed by atoms with Gasteiger partial charge >= 0.3 is 6.18 Å². The molecule has 1 amide bonds. The van der Waals surface area contributed by atoms with E-state index in [1.165, 1.54) is 18.3 Å². The highest BCUT2D eigenvalue weighted by atomic mass is 19.4. The van der Waals surface area contributed by atoms with Crippen LogP contribution in [0.5, 0.6) is 0 Å². The third-order valence-corrected chi connectivity index (χ3v) is 5.51. The summed E-state index contributed by atoms with van der Waals surface area (Å²) in [4.78, 5) is 17.4. The van der Waals surface area contributed by atoms with Gasteiger partial charge in [-0.05, 0) is 37.5 Å². The minimum absolute atomic E-state index is 0.0972. The molecule has 1 aliphatic heterocycles. The van der Waals surface area contributed by atoms with E-state index in [2.05, 4.69) is 20.7 Å². The van der Waals surface area contributed by atoms with Gasteiger partial charge in [0.05, 0.1) is 28.4 Å². The molecule has 170 valence electrons. The van der Waals surface area contributed by atoms with E-state index in [0.29, 0.717) is 42.2 Å². The van der Waals surface area contributed by atoms with Crippen LogP contribution < -0.4 is 10.6 Å². The Morgan fingerprint density at radius 1 is 1.19 bits per heavy atom. The lowest BCUT2D eigenvalue weighted by Gasteiger charge is -2.25. The maximum absolute atomic E-state index is 13.0. The van der Waals surface area contributed by atoms with Gasteiger partial charge in [-0.3, -0.25) is 4.79 Å². The number of benzene rings is 1. The third-order valence-electron chi connectivity index (χ3n) is 5.51. The van der Waals surface area contributed by atoms with Crippen molar-refractivity contribution in [1.82, 2.24) is 20.1 Å². The van der Waals surface area contributed by atoms with E-state index < -0.39 is 11.7 Å². The molecular weight excluding hydrogens is 423 g/mol. The molecule has 1 fully saturated rings. The summed E-state index contributed by atoms with van der Waals surface area (Å²) < 4.78 is 45.4. The summed E-state index contributed by atoms with van der Waals surface area (Å²) in [5.74, 6) is -0.363. The zero-order valence-corrected chi connectivity index (χ0v) is 17.6. The predicted molar refractivity (Wildman–Crippen MR) is 113 cm³/mol. The van der Waals surface area contributed by atoms with Crippen molar-refractivity contribution >= 4 is 22.6 Å². The van der Waals surface area contributed by atoms with Crippen LogP contribution in [0.1, 0.15) is 41.3 Å². The average molecular weight is 447 g/mol. The highest BCUT2D eigenvalue weighted by Crippen LogP contribution is 2.30. The molecule has 1 saturated heterocycles. The van der Waals surface area contributed by atoms with Crippen molar-refractivity contribution in [2.45, 2.75) is 45.1 Å². The molecule has 0 unspecified atom stereocenters. The van der Waals surface area contributed by atoms with Crippen LogP contribution in [-0.2, 0) is 24.0 Å². The fraction of sp³-hybridized carbons (Fsp3) is 0.409. The fourth-order valence-electron chi connectivity index (χ4n) is 3.72. The van der Waals surface area contributed by atoms with Crippen LogP contribution >= 0.6 is 0 Å². The topological polar surface area (TPSA) is 81.1 Å². The van der Waals surface area contributed by atoms with Crippen LogP contribution in [0.3, 0.4) is 0 Å². The molecule has 1 aromatic carbocycles. The van der Waals surface area contributed by atoms with Gasteiger partial charge in [-0.25, -0.2) is 9.67 Å². The summed E-state index contributed by atoms with van der Waals surface area (Å²) in [5.41, 5.74) is 1.55. The first-order valence-electron chi connectivity index (χ1n) is 10.5. The van der Waals surface area contributed by atoms with Crippen molar-refractivity contribution in [3.05, 3.63) is 53.3 Å². The lowest BCUT2D eigenvalue weighted by Crippen LogP contribution is -2.30. The number of halogens is 3. The van der Waals surface area contributed by atoms with Crippen molar-refractivity contribution in [3.8, 4) is 0 Å². The summed E-state index contributed by atoms with van der Waals surface area (Å²) in [5, 5.41) is 11.4. The van der Waals surface area contributed by atoms with Gasteiger partial charge in [-0.15, -0.1) is 0 Å². The van der Waals surface area contributed by atoms with Gasteiger partial charge in [0.15, 0.2) is 5.65 Å². The summed E-state index contributed by atoms with van der Waals surface area (Å²) in [7, 11) is 0. The molecule has 7 nitrogen and oxygen atoms in total. The van der Waals surface area contributed by atoms with Gasteiger partial charge in [0, 0.05) is 38.5 Å². The van der Waals surface area contributed by atoms with E-state index in [4.69, 9.17) is 4.74 Å². The molecule has 0 bridgehead atoms. The second kappa shape index (κ2) is 9.15. The van der Waals surface area contributed by atoms with Crippen molar-refractivity contribution in [1.29, 1.82) is 0 Å². The maximum atomic E-state index is 13.0. The minimum Gasteiger partial charge on any atom is -0.381 e. The third kappa shape index (κ3) is 4.69. The molecule has 32 heavy (non-hydrogen) atoms. The Kier molecular flexibility index (Phi) is 6.31. The SMILES string of the molecule is CCn1ncc2c(NC3CCOCC3)c(C(=O)NCc3ccc(C(F)(F)F)cc3)cnc21. The van der Waals surface area contributed by atoms with Gasteiger partial charge < -0.3 is 15.4 Å². The minimum atomic E-state index is -4.39. The number of amides is 1. The molecule has 3 aromatic rings. The van der Waals surface area contributed by atoms with E-state index in [-0.39, 0.29) is 18.5 Å². The Balaban J connectivity index is 1.56. The number of carbonyl (C=O) groups is 1. The molecule has 0 radical (unpaired) electrons. The van der Waals surface area contributed by atoms with Gasteiger partial charge in [-0.2, -0.15) is 18.3 Å².